The van der Waals surface area contributed by atoms with Gasteiger partial charge in [-0.15, -0.1) is 11.3 Å². The van der Waals surface area contributed by atoms with Crippen LogP contribution < -0.4 is 11.3 Å². The van der Waals surface area contributed by atoms with E-state index in [1.807, 2.05) is 14.0 Å². The molecule has 2 heterocycles. The van der Waals surface area contributed by atoms with Gasteiger partial charge in [0.15, 0.2) is 0 Å². The maximum atomic E-state index is 6.08. The second kappa shape index (κ2) is 4.50. The summed E-state index contributed by atoms with van der Waals surface area (Å²) < 4.78 is 1.71. The first-order valence-corrected chi connectivity index (χ1v) is 5.88. The number of nitrogens with zero attached hydrogens (tertiary/aromatic N) is 3. The normalized spacial score (nSPS) is 13.0. The smallest absolute Gasteiger partial charge is 0.100 e. The van der Waals surface area contributed by atoms with Crippen molar-refractivity contribution >= 4 is 22.9 Å². The van der Waals surface area contributed by atoms with Crippen LogP contribution in [0.25, 0.3) is 0 Å². The fourth-order valence-corrected chi connectivity index (χ4v) is 2.68. The number of aromatic nitrogens is 3. The van der Waals surface area contributed by atoms with Crippen LogP contribution in [0, 0.1) is 6.92 Å². The second-order valence-corrected chi connectivity index (χ2v) is 5.06. The van der Waals surface area contributed by atoms with E-state index in [0.29, 0.717) is 5.02 Å². The average molecular weight is 258 g/mol. The molecule has 0 aliphatic heterocycles. The fourth-order valence-electron chi connectivity index (χ4n) is 1.55. The lowest BCUT2D eigenvalue weighted by Crippen LogP contribution is -2.30. The van der Waals surface area contributed by atoms with Crippen molar-refractivity contribution in [2.24, 2.45) is 12.9 Å². The molecule has 7 heteroatoms. The third-order valence-electron chi connectivity index (χ3n) is 2.30. The van der Waals surface area contributed by atoms with E-state index in [1.165, 1.54) is 0 Å². The van der Waals surface area contributed by atoms with Crippen molar-refractivity contribution in [2.45, 2.75) is 13.0 Å². The van der Waals surface area contributed by atoms with Gasteiger partial charge in [-0.3, -0.25) is 10.5 Å². The van der Waals surface area contributed by atoms with Gasteiger partial charge in [0.05, 0.1) is 21.9 Å². The predicted octanol–water partition coefficient (Wildman–Crippen LogP) is 1.39. The quantitative estimate of drug-likeness (QED) is 0.644. The third-order valence-corrected chi connectivity index (χ3v) is 3.57. The highest BCUT2D eigenvalue weighted by Gasteiger charge is 2.21. The first kappa shape index (κ1) is 11.5. The molecule has 0 aromatic carbocycles. The molecule has 0 aliphatic rings. The number of nitrogens with two attached hydrogens (primary N) is 1. The molecular formula is C9H12ClN5S. The van der Waals surface area contributed by atoms with E-state index < -0.39 is 0 Å². The van der Waals surface area contributed by atoms with Crippen LogP contribution in [0.4, 0.5) is 0 Å². The zero-order valence-electron chi connectivity index (χ0n) is 8.94. The molecule has 0 radical (unpaired) electrons. The molecule has 0 bridgehead atoms. The van der Waals surface area contributed by atoms with E-state index in [-0.39, 0.29) is 6.04 Å². The standard InChI is InChI=1S/C9H12ClN5S/c1-5-12-4-7(16-5)8(14-11)9-6(10)3-13-15(9)2/h3-4,8,14H,11H2,1-2H3. The molecule has 16 heavy (non-hydrogen) atoms. The van der Waals surface area contributed by atoms with Crippen molar-refractivity contribution < 1.29 is 0 Å². The van der Waals surface area contributed by atoms with Crippen LogP contribution in [-0.2, 0) is 7.05 Å². The number of nitrogens with one attached hydrogen (secondary N) is 1. The maximum absolute atomic E-state index is 6.08. The third kappa shape index (κ3) is 1.97. The Balaban J connectivity index is 2.44. The number of hydrazine groups is 1. The zero-order valence-corrected chi connectivity index (χ0v) is 10.5. The van der Waals surface area contributed by atoms with E-state index in [2.05, 4.69) is 15.5 Å². The summed E-state index contributed by atoms with van der Waals surface area (Å²) in [5, 5.41) is 5.68. The molecule has 2 aromatic rings. The Kier molecular flexibility index (Phi) is 3.25. The summed E-state index contributed by atoms with van der Waals surface area (Å²) in [6.07, 6.45) is 3.41. The van der Waals surface area contributed by atoms with Gasteiger partial charge >= 0.3 is 0 Å². The number of hydrogen-bond donors (Lipinski definition) is 2. The Bertz CT molecular complexity index is 472. The van der Waals surface area contributed by atoms with Gasteiger partial charge in [-0.1, -0.05) is 11.6 Å². The summed E-state index contributed by atoms with van der Waals surface area (Å²) in [5.41, 5.74) is 3.58. The highest BCUT2D eigenvalue weighted by molar-refractivity contribution is 7.11. The minimum absolute atomic E-state index is 0.175. The van der Waals surface area contributed by atoms with Crippen LogP contribution in [0.3, 0.4) is 0 Å². The SMILES string of the molecule is Cc1ncc(C(NN)c2c(Cl)cnn2C)s1. The molecule has 3 N–H and O–H groups in total. The van der Waals surface area contributed by atoms with E-state index in [0.717, 1.165) is 15.6 Å². The number of rotatable bonds is 3. The molecule has 2 rings (SSSR count). The minimum atomic E-state index is -0.175. The lowest BCUT2D eigenvalue weighted by atomic mass is 10.2. The predicted molar refractivity (Wildman–Crippen MR) is 64.2 cm³/mol. The van der Waals surface area contributed by atoms with Crippen molar-refractivity contribution in [3.8, 4) is 0 Å². The lowest BCUT2D eigenvalue weighted by molar-refractivity contribution is 0.581. The highest BCUT2D eigenvalue weighted by atomic mass is 35.5. The summed E-state index contributed by atoms with van der Waals surface area (Å²) in [6, 6.07) is -0.175. The van der Waals surface area contributed by atoms with Crippen molar-refractivity contribution in [3.63, 3.8) is 0 Å². The molecule has 0 aliphatic carbocycles. The number of hydrogen-bond acceptors (Lipinski definition) is 5. The fraction of sp³-hybridized carbons (Fsp3) is 0.333. The lowest BCUT2D eigenvalue weighted by Gasteiger charge is -2.14. The Hall–Kier alpha value is -0.950. The number of aryl methyl sites for hydroxylation is 2. The number of halogens is 1. The monoisotopic (exact) mass is 257 g/mol. The van der Waals surface area contributed by atoms with Crippen molar-refractivity contribution in [1.82, 2.24) is 20.2 Å². The molecule has 0 spiro atoms. The Morgan fingerprint density at radius 3 is 2.75 bits per heavy atom. The maximum Gasteiger partial charge on any atom is 0.100 e. The average Bonchev–Trinajstić information content (AvgIpc) is 2.80. The highest BCUT2D eigenvalue weighted by Crippen LogP contribution is 2.30. The molecule has 1 unspecified atom stereocenters. The van der Waals surface area contributed by atoms with Gasteiger partial charge in [0.25, 0.3) is 0 Å². The van der Waals surface area contributed by atoms with Gasteiger partial charge in [0.2, 0.25) is 0 Å². The summed E-state index contributed by atoms with van der Waals surface area (Å²) in [6.45, 7) is 1.95. The van der Waals surface area contributed by atoms with Crippen LogP contribution in [-0.4, -0.2) is 14.8 Å². The molecule has 5 nitrogen and oxygen atoms in total. The molecule has 86 valence electrons. The Morgan fingerprint density at radius 2 is 2.31 bits per heavy atom. The molecule has 0 fully saturated rings. The van der Waals surface area contributed by atoms with E-state index in [9.17, 15) is 0 Å². The molecular weight excluding hydrogens is 246 g/mol. The Morgan fingerprint density at radius 1 is 1.56 bits per heavy atom. The largest absolute Gasteiger partial charge is 0.270 e. The van der Waals surface area contributed by atoms with Gasteiger partial charge in [-0.25, -0.2) is 10.4 Å². The van der Waals surface area contributed by atoms with E-state index in [1.54, 1.807) is 28.4 Å². The van der Waals surface area contributed by atoms with Crippen molar-refractivity contribution in [3.05, 3.63) is 33.0 Å². The molecule has 0 amide bonds. The van der Waals surface area contributed by atoms with Crippen molar-refractivity contribution in [1.29, 1.82) is 0 Å². The first-order valence-electron chi connectivity index (χ1n) is 4.69. The van der Waals surface area contributed by atoms with Crippen molar-refractivity contribution in [2.75, 3.05) is 0 Å². The second-order valence-electron chi connectivity index (χ2n) is 3.38. The van der Waals surface area contributed by atoms with Crippen LogP contribution in [0.1, 0.15) is 21.6 Å². The van der Waals surface area contributed by atoms with Crippen LogP contribution in [0.2, 0.25) is 5.02 Å². The summed E-state index contributed by atoms with van der Waals surface area (Å²) in [4.78, 5) is 5.22. The van der Waals surface area contributed by atoms with Crippen LogP contribution in [0.5, 0.6) is 0 Å². The van der Waals surface area contributed by atoms with Gasteiger partial charge in [-0.05, 0) is 6.92 Å². The molecule has 2 aromatic heterocycles. The summed E-state index contributed by atoms with van der Waals surface area (Å²) in [5.74, 6) is 5.57. The minimum Gasteiger partial charge on any atom is -0.270 e. The molecule has 0 saturated heterocycles. The van der Waals surface area contributed by atoms with E-state index >= 15 is 0 Å². The summed E-state index contributed by atoms with van der Waals surface area (Å²) in [7, 11) is 1.83. The van der Waals surface area contributed by atoms with Crippen LogP contribution >= 0.6 is 22.9 Å². The number of thiazole rings is 1. The van der Waals surface area contributed by atoms with Gasteiger partial charge in [0, 0.05) is 18.1 Å². The molecule has 1 atom stereocenters. The van der Waals surface area contributed by atoms with Crippen LogP contribution in [0.15, 0.2) is 12.4 Å². The summed E-state index contributed by atoms with van der Waals surface area (Å²) >= 11 is 7.66. The topological polar surface area (TPSA) is 68.8 Å². The molecule has 0 saturated carbocycles. The van der Waals surface area contributed by atoms with Gasteiger partial charge < -0.3 is 0 Å². The van der Waals surface area contributed by atoms with Gasteiger partial charge in [0.1, 0.15) is 6.04 Å². The first-order chi connectivity index (χ1) is 7.63. The zero-order chi connectivity index (χ0) is 11.7. The van der Waals surface area contributed by atoms with E-state index in [4.69, 9.17) is 17.4 Å². The Labute approximate surface area is 102 Å². The van der Waals surface area contributed by atoms with Gasteiger partial charge in [-0.2, -0.15) is 5.10 Å².